The van der Waals surface area contributed by atoms with Gasteiger partial charge in [-0.15, -0.1) is 17.0 Å². The van der Waals surface area contributed by atoms with E-state index in [0.717, 1.165) is 12.0 Å². The summed E-state index contributed by atoms with van der Waals surface area (Å²) in [5.41, 5.74) is 0.809. The number of nitrogens with one attached hydrogen (secondary N) is 1. The molecule has 21 heavy (non-hydrogen) atoms. The first kappa shape index (κ1) is 20.1. The summed E-state index contributed by atoms with van der Waals surface area (Å²) >= 11 is 0. The van der Waals surface area contributed by atoms with Gasteiger partial charge < -0.3 is 19.8 Å². The predicted molar refractivity (Wildman–Crippen MR) is 85.4 cm³/mol. The van der Waals surface area contributed by atoms with Crippen molar-refractivity contribution in [1.82, 2.24) is 5.32 Å². The topological polar surface area (TPSA) is 95.9 Å². The van der Waals surface area contributed by atoms with Gasteiger partial charge in [0.1, 0.15) is 12.4 Å². The molecule has 1 amide bonds. The van der Waals surface area contributed by atoms with Crippen LogP contribution in [-0.4, -0.2) is 21.7 Å². The number of benzene rings is 1. The summed E-state index contributed by atoms with van der Waals surface area (Å²) in [6, 6.07) is 9.07. The van der Waals surface area contributed by atoms with Crippen molar-refractivity contribution in [3.05, 3.63) is 35.9 Å². The van der Waals surface area contributed by atoms with Crippen molar-refractivity contribution in [2.24, 2.45) is 0 Å². The van der Waals surface area contributed by atoms with Gasteiger partial charge in [-0.1, -0.05) is 50.1 Å². The van der Waals surface area contributed by atoms with E-state index in [4.69, 9.17) is 4.74 Å². The molecule has 6 nitrogen and oxygen atoms in total. The Morgan fingerprint density at radius 3 is 2.48 bits per heavy atom. The van der Waals surface area contributed by atoms with E-state index in [9.17, 15) is 19.1 Å². The number of carbonyl (C=O) groups is 1. The Bertz CT molecular complexity index is 465. The molecule has 0 radical (unpaired) electrons. The Labute approximate surface area is 134 Å². The molecule has 0 aliphatic rings. The lowest BCUT2D eigenvalue weighted by Crippen LogP contribution is -2.35. The monoisotopic (exact) mass is 381 g/mol. The molecular formula is C13H21BrNO5P. The number of rotatable bonds is 7. The fraction of sp³-hybridized carbons (Fsp3) is 0.462. The van der Waals surface area contributed by atoms with Crippen molar-refractivity contribution in [2.75, 3.05) is 0 Å². The molecule has 1 aromatic carbocycles. The second-order valence-corrected chi connectivity index (χ2v) is 6.25. The molecule has 0 heterocycles. The van der Waals surface area contributed by atoms with Crippen LogP contribution in [0.1, 0.15) is 31.7 Å². The fourth-order valence-electron chi connectivity index (χ4n) is 1.62. The summed E-state index contributed by atoms with van der Waals surface area (Å²) in [6.07, 6.45) is 0.811. The highest BCUT2D eigenvalue weighted by Crippen LogP contribution is 2.42. The van der Waals surface area contributed by atoms with Crippen LogP contribution in [0.4, 0.5) is 4.79 Å². The maximum atomic E-state index is 11.6. The van der Waals surface area contributed by atoms with E-state index in [1.54, 1.807) is 12.1 Å². The van der Waals surface area contributed by atoms with Crippen LogP contribution in [0.15, 0.2) is 30.3 Å². The standard InChI is InChI=1S/C13H20NO5P.BrH/c1-2-3-9-12(20(16,17)18)14-13(15)19-10-11-7-5-4-6-8-11;/h4-8,12H,2-3,9-10H2,1H3,(H,14,15)(H2,16,17,18);1H. The summed E-state index contributed by atoms with van der Waals surface area (Å²) in [6.45, 7) is 1.97. The molecule has 0 aromatic heterocycles. The summed E-state index contributed by atoms with van der Waals surface area (Å²) in [5.74, 6) is -1.19. The minimum absolute atomic E-state index is 0. The molecule has 120 valence electrons. The van der Waals surface area contributed by atoms with Gasteiger partial charge in [-0.3, -0.25) is 4.57 Å². The zero-order valence-corrected chi connectivity index (χ0v) is 14.4. The normalized spacial score (nSPS) is 12.1. The summed E-state index contributed by atoms with van der Waals surface area (Å²) in [4.78, 5) is 29.9. The number of hydrogen-bond acceptors (Lipinski definition) is 3. The van der Waals surface area contributed by atoms with E-state index >= 15 is 0 Å². The largest absolute Gasteiger partial charge is 0.445 e. The lowest BCUT2D eigenvalue weighted by molar-refractivity contribution is 0.136. The highest BCUT2D eigenvalue weighted by atomic mass is 79.9. The Morgan fingerprint density at radius 1 is 1.33 bits per heavy atom. The number of hydrogen-bond donors (Lipinski definition) is 3. The van der Waals surface area contributed by atoms with Crippen LogP contribution in [0.3, 0.4) is 0 Å². The number of ether oxygens (including phenoxy) is 1. The fourth-order valence-corrected chi connectivity index (χ4v) is 2.42. The first-order valence-electron chi connectivity index (χ1n) is 6.46. The number of amides is 1. The summed E-state index contributed by atoms with van der Waals surface area (Å²) < 4.78 is 16.2. The van der Waals surface area contributed by atoms with Crippen molar-refractivity contribution in [2.45, 2.75) is 38.6 Å². The highest BCUT2D eigenvalue weighted by Gasteiger charge is 2.30. The van der Waals surface area contributed by atoms with Gasteiger partial charge in [-0.2, -0.15) is 0 Å². The van der Waals surface area contributed by atoms with Crippen LogP contribution in [0.2, 0.25) is 0 Å². The first-order chi connectivity index (χ1) is 9.43. The maximum Gasteiger partial charge on any atom is 0.408 e. The minimum Gasteiger partial charge on any atom is -0.445 e. The van der Waals surface area contributed by atoms with Crippen LogP contribution in [0.5, 0.6) is 0 Å². The van der Waals surface area contributed by atoms with Gasteiger partial charge in [-0.25, -0.2) is 4.79 Å². The molecule has 0 aliphatic carbocycles. The Kier molecular flexibility index (Phi) is 9.53. The smallest absolute Gasteiger partial charge is 0.408 e. The number of halogens is 1. The highest BCUT2D eigenvalue weighted by molar-refractivity contribution is 8.93. The summed E-state index contributed by atoms with van der Waals surface area (Å²) in [7, 11) is -4.37. The maximum absolute atomic E-state index is 11.6. The molecule has 1 aromatic rings. The van der Waals surface area contributed by atoms with Crippen LogP contribution in [0, 0.1) is 0 Å². The van der Waals surface area contributed by atoms with Crippen molar-refractivity contribution < 1.29 is 23.9 Å². The molecule has 0 saturated heterocycles. The van der Waals surface area contributed by atoms with E-state index in [2.05, 4.69) is 5.32 Å². The third kappa shape index (κ3) is 8.21. The zero-order valence-electron chi connectivity index (χ0n) is 11.8. The average Bonchev–Trinajstić information content (AvgIpc) is 2.41. The van der Waals surface area contributed by atoms with Crippen molar-refractivity contribution in [3.8, 4) is 0 Å². The minimum atomic E-state index is -4.37. The van der Waals surface area contributed by atoms with E-state index in [1.807, 2.05) is 25.1 Å². The van der Waals surface area contributed by atoms with Gasteiger partial charge in [0.25, 0.3) is 0 Å². The molecule has 0 fully saturated rings. The van der Waals surface area contributed by atoms with Gasteiger partial charge in [0.2, 0.25) is 0 Å². The third-order valence-corrected chi connectivity index (χ3v) is 3.93. The average molecular weight is 382 g/mol. The number of unbranched alkanes of at least 4 members (excludes halogenated alkanes) is 1. The molecule has 0 spiro atoms. The molecule has 1 unspecified atom stereocenters. The lowest BCUT2D eigenvalue weighted by atomic mass is 10.2. The van der Waals surface area contributed by atoms with Crippen molar-refractivity contribution in [3.63, 3.8) is 0 Å². The van der Waals surface area contributed by atoms with Crippen molar-refractivity contribution >= 4 is 30.7 Å². The van der Waals surface area contributed by atoms with Gasteiger partial charge in [-0.05, 0) is 12.0 Å². The van der Waals surface area contributed by atoms with E-state index in [-0.39, 0.29) is 30.0 Å². The Hall–Kier alpha value is -0.880. The molecule has 8 heteroatoms. The molecule has 1 atom stereocenters. The van der Waals surface area contributed by atoms with E-state index < -0.39 is 19.5 Å². The zero-order chi connectivity index (χ0) is 15.0. The van der Waals surface area contributed by atoms with Crippen LogP contribution < -0.4 is 5.32 Å². The Balaban J connectivity index is 0.00000400. The van der Waals surface area contributed by atoms with Gasteiger partial charge in [0.15, 0.2) is 0 Å². The predicted octanol–water partition coefficient (Wildman–Crippen LogP) is 3.18. The van der Waals surface area contributed by atoms with E-state index in [1.165, 1.54) is 0 Å². The molecular weight excluding hydrogens is 361 g/mol. The lowest BCUT2D eigenvalue weighted by Gasteiger charge is -2.19. The second-order valence-electron chi connectivity index (χ2n) is 4.45. The Morgan fingerprint density at radius 2 is 1.95 bits per heavy atom. The van der Waals surface area contributed by atoms with Crippen molar-refractivity contribution in [1.29, 1.82) is 0 Å². The molecule has 0 saturated carbocycles. The van der Waals surface area contributed by atoms with Gasteiger partial charge in [0, 0.05) is 0 Å². The van der Waals surface area contributed by atoms with Gasteiger partial charge in [0.05, 0.1) is 0 Å². The van der Waals surface area contributed by atoms with Crippen LogP contribution in [0.25, 0.3) is 0 Å². The van der Waals surface area contributed by atoms with Crippen LogP contribution >= 0.6 is 24.6 Å². The molecule has 3 N–H and O–H groups in total. The molecule has 1 rings (SSSR count). The molecule has 0 aliphatic heterocycles. The quantitative estimate of drug-likeness (QED) is 0.630. The third-order valence-electron chi connectivity index (χ3n) is 2.73. The molecule has 0 bridgehead atoms. The first-order valence-corrected chi connectivity index (χ1v) is 8.14. The summed E-state index contributed by atoms with van der Waals surface area (Å²) in [5, 5.41) is 2.24. The van der Waals surface area contributed by atoms with Crippen LogP contribution in [-0.2, 0) is 15.9 Å². The van der Waals surface area contributed by atoms with E-state index in [0.29, 0.717) is 6.42 Å². The number of alkyl carbamates (subject to hydrolysis) is 1. The SMILES string of the molecule is Br.CCCCC(NC(=O)OCc1ccccc1)P(=O)(O)O. The number of carbonyl (C=O) groups excluding carboxylic acids is 1. The second kappa shape index (κ2) is 9.95. The van der Waals surface area contributed by atoms with Gasteiger partial charge >= 0.3 is 13.7 Å².